The average Bonchev–Trinajstić information content (AvgIpc) is 2.46. The summed E-state index contributed by atoms with van der Waals surface area (Å²) in [6.07, 6.45) is 0. The number of nitrogens with two attached hydrogens (primary N) is 1. The molecule has 6 nitrogen and oxygen atoms in total. The minimum Gasteiger partial charge on any atom is -0.484 e. The summed E-state index contributed by atoms with van der Waals surface area (Å²) in [7, 11) is 0. The van der Waals surface area contributed by atoms with Crippen molar-refractivity contribution in [2.45, 2.75) is 6.92 Å². The van der Waals surface area contributed by atoms with Gasteiger partial charge in [-0.3, -0.25) is 9.59 Å². The first-order chi connectivity index (χ1) is 10.0. The highest BCUT2D eigenvalue weighted by molar-refractivity contribution is 6.02. The van der Waals surface area contributed by atoms with Gasteiger partial charge in [-0.1, -0.05) is 6.07 Å². The molecule has 2 amide bonds. The standard InChI is InChI=1S/C15H15N3O3/c1-10-3-2-4-13(17-10)15(20)18-11-5-7-12(8-6-11)21-9-14(16)19/h2-8H,9H2,1H3,(H2,16,19)(H,18,20). The van der Waals surface area contributed by atoms with E-state index in [1.807, 2.05) is 13.0 Å². The summed E-state index contributed by atoms with van der Waals surface area (Å²) in [5, 5.41) is 2.73. The van der Waals surface area contributed by atoms with Crippen molar-refractivity contribution in [1.82, 2.24) is 4.98 Å². The van der Waals surface area contributed by atoms with Gasteiger partial charge in [0.2, 0.25) is 0 Å². The van der Waals surface area contributed by atoms with E-state index in [0.717, 1.165) is 5.69 Å². The molecule has 1 aromatic carbocycles. The molecule has 2 rings (SSSR count). The second-order valence-corrected chi connectivity index (χ2v) is 4.40. The van der Waals surface area contributed by atoms with Gasteiger partial charge < -0.3 is 15.8 Å². The van der Waals surface area contributed by atoms with Gasteiger partial charge in [-0.15, -0.1) is 0 Å². The first kappa shape index (κ1) is 14.5. The maximum Gasteiger partial charge on any atom is 0.274 e. The van der Waals surface area contributed by atoms with Crippen LogP contribution < -0.4 is 15.8 Å². The molecule has 0 bridgehead atoms. The van der Waals surface area contributed by atoms with Crippen molar-refractivity contribution in [3.8, 4) is 5.75 Å². The Hall–Kier alpha value is -2.89. The molecule has 0 radical (unpaired) electrons. The Balaban J connectivity index is 2.00. The number of nitrogens with zero attached hydrogens (tertiary/aromatic N) is 1. The van der Waals surface area contributed by atoms with Crippen molar-refractivity contribution < 1.29 is 14.3 Å². The molecule has 21 heavy (non-hydrogen) atoms. The summed E-state index contributed by atoms with van der Waals surface area (Å²) < 4.78 is 5.13. The SMILES string of the molecule is Cc1cccc(C(=O)Nc2ccc(OCC(N)=O)cc2)n1. The van der Waals surface area contributed by atoms with Crippen LogP contribution in [0.3, 0.4) is 0 Å². The number of anilines is 1. The van der Waals surface area contributed by atoms with Gasteiger partial charge in [-0.25, -0.2) is 4.98 Å². The molecule has 2 aromatic rings. The highest BCUT2D eigenvalue weighted by Crippen LogP contribution is 2.16. The molecule has 0 spiro atoms. The van der Waals surface area contributed by atoms with E-state index in [-0.39, 0.29) is 12.5 Å². The van der Waals surface area contributed by atoms with Crippen LogP contribution in [0.2, 0.25) is 0 Å². The first-order valence-corrected chi connectivity index (χ1v) is 6.31. The van der Waals surface area contributed by atoms with E-state index in [1.54, 1.807) is 36.4 Å². The third kappa shape index (κ3) is 4.31. The summed E-state index contributed by atoms with van der Waals surface area (Å²) in [6, 6.07) is 11.9. The van der Waals surface area contributed by atoms with Crippen LogP contribution in [-0.2, 0) is 4.79 Å². The van der Waals surface area contributed by atoms with Gasteiger partial charge >= 0.3 is 0 Å². The van der Waals surface area contributed by atoms with Crippen LogP contribution >= 0.6 is 0 Å². The summed E-state index contributed by atoms with van der Waals surface area (Å²) in [5.41, 5.74) is 6.72. The molecule has 3 N–H and O–H groups in total. The number of rotatable bonds is 5. The van der Waals surface area contributed by atoms with Crippen molar-refractivity contribution in [1.29, 1.82) is 0 Å². The zero-order valence-electron chi connectivity index (χ0n) is 11.5. The quantitative estimate of drug-likeness (QED) is 0.870. The number of hydrogen-bond acceptors (Lipinski definition) is 4. The van der Waals surface area contributed by atoms with Crippen LogP contribution in [0.5, 0.6) is 5.75 Å². The van der Waals surface area contributed by atoms with Crippen LogP contribution in [0, 0.1) is 6.92 Å². The summed E-state index contributed by atoms with van der Waals surface area (Å²) in [6.45, 7) is 1.64. The highest BCUT2D eigenvalue weighted by Gasteiger charge is 2.07. The monoisotopic (exact) mass is 285 g/mol. The number of pyridine rings is 1. The lowest BCUT2D eigenvalue weighted by Crippen LogP contribution is -2.20. The molecule has 0 unspecified atom stereocenters. The fourth-order valence-corrected chi connectivity index (χ4v) is 1.65. The van der Waals surface area contributed by atoms with E-state index in [0.29, 0.717) is 17.1 Å². The van der Waals surface area contributed by atoms with Crippen LogP contribution in [0.4, 0.5) is 5.69 Å². The van der Waals surface area contributed by atoms with Gasteiger partial charge in [-0.05, 0) is 43.3 Å². The van der Waals surface area contributed by atoms with Crippen LogP contribution in [-0.4, -0.2) is 23.4 Å². The Bertz CT molecular complexity index is 653. The fourth-order valence-electron chi connectivity index (χ4n) is 1.65. The zero-order chi connectivity index (χ0) is 15.2. The predicted octanol–water partition coefficient (Wildman–Crippen LogP) is 1.51. The molecule has 0 saturated carbocycles. The number of amides is 2. The van der Waals surface area contributed by atoms with Gasteiger partial charge in [0, 0.05) is 11.4 Å². The Morgan fingerprint density at radius 3 is 2.52 bits per heavy atom. The molecule has 0 aliphatic heterocycles. The van der Waals surface area contributed by atoms with E-state index in [9.17, 15) is 9.59 Å². The summed E-state index contributed by atoms with van der Waals surface area (Å²) >= 11 is 0. The van der Waals surface area contributed by atoms with Crippen LogP contribution in [0.25, 0.3) is 0 Å². The van der Waals surface area contributed by atoms with Gasteiger partial charge in [0.05, 0.1) is 0 Å². The highest BCUT2D eigenvalue weighted by atomic mass is 16.5. The van der Waals surface area contributed by atoms with Crippen molar-refractivity contribution in [2.24, 2.45) is 5.73 Å². The van der Waals surface area contributed by atoms with E-state index in [4.69, 9.17) is 10.5 Å². The molecule has 108 valence electrons. The van der Waals surface area contributed by atoms with Crippen molar-refractivity contribution in [3.05, 3.63) is 53.9 Å². The summed E-state index contributed by atoms with van der Waals surface area (Å²) in [4.78, 5) is 26.8. The topological polar surface area (TPSA) is 94.3 Å². The van der Waals surface area contributed by atoms with Gasteiger partial charge in [0.1, 0.15) is 11.4 Å². The van der Waals surface area contributed by atoms with Gasteiger partial charge in [0.25, 0.3) is 11.8 Å². The van der Waals surface area contributed by atoms with E-state index >= 15 is 0 Å². The van der Waals surface area contributed by atoms with E-state index in [2.05, 4.69) is 10.3 Å². The minimum atomic E-state index is -0.544. The van der Waals surface area contributed by atoms with E-state index in [1.165, 1.54) is 0 Å². The third-order valence-corrected chi connectivity index (χ3v) is 2.61. The third-order valence-electron chi connectivity index (χ3n) is 2.61. The smallest absolute Gasteiger partial charge is 0.274 e. The Morgan fingerprint density at radius 2 is 1.90 bits per heavy atom. The number of aryl methyl sites for hydroxylation is 1. The van der Waals surface area contributed by atoms with Crippen LogP contribution in [0.15, 0.2) is 42.5 Å². The molecule has 0 saturated heterocycles. The molecule has 6 heteroatoms. The Morgan fingerprint density at radius 1 is 1.19 bits per heavy atom. The lowest BCUT2D eigenvalue weighted by atomic mass is 10.2. The number of benzene rings is 1. The first-order valence-electron chi connectivity index (χ1n) is 6.31. The largest absolute Gasteiger partial charge is 0.484 e. The zero-order valence-corrected chi connectivity index (χ0v) is 11.5. The maximum atomic E-state index is 12.0. The molecule has 0 aliphatic rings. The predicted molar refractivity (Wildman–Crippen MR) is 78.1 cm³/mol. The maximum absolute atomic E-state index is 12.0. The lowest BCUT2D eigenvalue weighted by molar-refractivity contribution is -0.119. The molecular weight excluding hydrogens is 270 g/mol. The number of ether oxygens (including phenoxy) is 1. The van der Waals surface area contributed by atoms with Crippen molar-refractivity contribution in [3.63, 3.8) is 0 Å². The van der Waals surface area contributed by atoms with E-state index < -0.39 is 5.91 Å². The lowest BCUT2D eigenvalue weighted by Gasteiger charge is -2.07. The number of hydrogen-bond donors (Lipinski definition) is 2. The molecule has 0 atom stereocenters. The second-order valence-electron chi connectivity index (χ2n) is 4.40. The molecule has 1 heterocycles. The molecule has 1 aromatic heterocycles. The number of aromatic nitrogens is 1. The minimum absolute atomic E-state index is 0.182. The Kier molecular flexibility index (Phi) is 4.50. The second kappa shape index (κ2) is 6.51. The number of nitrogens with one attached hydrogen (secondary N) is 1. The summed E-state index contributed by atoms with van der Waals surface area (Å²) in [5.74, 6) is -0.331. The van der Waals surface area contributed by atoms with Crippen molar-refractivity contribution >= 4 is 17.5 Å². The van der Waals surface area contributed by atoms with Gasteiger partial charge in [-0.2, -0.15) is 0 Å². The average molecular weight is 285 g/mol. The fraction of sp³-hybridized carbons (Fsp3) is 0.133. The molecular formula is C15H15N3O3. The number of carbonyl (C=O) groups is 2. The number of primary amides is 1. The van der Waals surface area contributed by atoms with Crippen molar-refractivity contribution in [2.75, 3.05) is 11.9 Å². The van der Waals surface area contributed by atoms with Crippen LogP contribution in [0.1, 0.15) is 16.2 Å². The molecule has 0 fully saturated rings. The van der Waals surface area contributed by atoms with Gasteiger partial charge in [0.15, 0.2) is 6.61 Å². The number of carbonyl (C=O) groups excluding carboxylic acids is 2. The Labute approximate surface area is 121 Å². The molecule has 0 aliphatic carbocycles. The normalized spacial score (nSPS) is 9.95.